The molecule has 0 spiro atoms. The molecule has 0 N–H and O–H groups in total. The number of hydrogen-bond acceptors (Lipinski definition) is 3. The lowest BCUT2D eigenvalue weighted by atomic mass is 10.1. The minimum absolute atomic E-state index is 0.444. The van der Waals surface area contributed by atoms with Crippen LogP contribution in [0.15, 0.2) is 0 Å². The summed E-state index contributed by atoms with van der Waals surface area (Å²) in [7, 11) is 0. The normalized spacial score (nSPS) is 25.5. The summed E-state index contributed by atoms with van der Waals surface area (Å²) >= 11 is 1.89. The molecule has 1 aliphatic carbocycles. The van der Waals surface area contributed by atoms with Gasteiger partial charge in [-0.2, -0.15) is 11.8 Å². The van der Waals surface area contributed by atoms with Gasteiger partial charge in [-0.3, -0.25) is 4.79 Å². The van der Waals surface area contributed by atoms with Crippen LogP contribution in [0.1, 0.15) is 57.8 Å². The van der Waals surface area contributed by atoms with Gasteiger partial charge in [-0.1, -0.05) is 12.8 Å². The lowest BCUT2D eigenvalue weighted by Crippen LogP contribution is -2.09. The van der Waals surface area contributed by atoms with E-state index in [2.05, 4.69) is 0 Å². The number of carbonyl (C=O) groups is 1. The molecule has 1 saturated carbocycles. The highest BCUT2D eigenvalue weighted by atomic mass is 32.2. The Balaban J connectivity index is 1.48. The standard InChI is InChI=1S/C14H24O2S/c15-12(11-17-14-8-1-2-9-14)5-3-6-13-7-4-10-16-13/h13-14H,1-11H2. The molecule has 0 radical (unpaired) electrons. The molecule has 1 heterocycles. The van der Waals surface area contributed by atoms with E-state index in [1.807, 2.05) is 11.8 Å². The van der Waals surface area contributed by atoms with E-state index >= 15 is 0 Å². The van der Waals surface area contributed by atoms with Crippen molar-refractivity contribution in [1.29, 1.82) is 0 Å². The van der Waals surface area contributed by atoms with Gasteiger partial charge in [-0.05, 0) is 38.5 Å². The van der Waals surface area contributed by atoms with E-state index in [0.717, 1.165) is 36.9 Å². The average Bonchev–Trinajstić information content (AvgIpc) is 2.99. The number of carbonyl (C=O) groups excluding carboxylic acids is 1. The first-order valence-corrected chi connectivity index (χ1v) is 8.14. The largest absolute Gasteiger partial charge is 0.378 e. The van der Waals surface area contributed by atoms with E-state index in [9.17, 15) is 4.79 Å². The predicted molar refractivity (Wildman–Crippen MR) is 72.5 cm³/mol. The number of ether oxygens (including phenoxy) is 1. The summed E-state index contributed by atoms with van der Waals surface area (Å²) < 4.78 is 5.56. The number of thioether (sulfide) groups is 1. The average molecular weight is 256 g/mol. The maximum Gasteiger partial charge on any atom is 0.142 e. The summed E-state index contributed by atoms with van der Waals surface area (Å²) in [6.07, 6.45) is 11.1. The zero-order valence-corrected chi connectivity index (χ0v) is 11.5. The quantitative estimate of drug-likeness (QED) is 0.696. The van der Waals surface area contributed by atoms with Crippen molar-refractivity contribution in [1.82, 2.24) is 0 Å². The Morgan fingerprint density at radius 2 is 2.00 bits per heavy atom. The van der Waals surface area contributed by atoms with Crippen LogP contribution >= 0.6 is 11.8 Å². The van der Waals surface area contributed by atoms with Crippen molar-refractivity contribution in [2.24, 2.45) is 0 Å². The topological polar surface area (TPSA) is 26.3 Å². The second-order valence-electron chi connectivity index (χ2n) is 5.28. The fourth-order valence-corrected chi connectivity index (χ4v) is 3.97. The molecular formula is C14H24O2S. The molecule has 1 saturated heterocycles. The molecule has 0 aromatic carbocycles. The Bertz CT molecular complexity index is 230. The maximum absolute atomic E-state index is 11.7. The third-order valence-electron chi connectivity index (χ3n) is 3.79. The maximum atomic E-state index is 11.7. The van der Waals surface area contributed by atoms with Gasteiger partial charge in [0, 0.05) is 18.3 Å². The van der Waals surface area contributed by atoms with Crippen LogP contribution in [0.2, 0.25) is 0 Å². The van der Waals surface area contributed by atoms with Gasteiger partial charge in [0.15, 0.2) is 0 Å². The van der Waals surface area contributed by atoms with Crippen molar-refractivity contribution in [2.45, 2.75) is 69.1 Å². The molecule has 2 nitrogen and oxygen atoms in total. The van der Waals surface area contributed by atoms with Crippen molar-refractivity contribution in [3.63, 3.8) is 0 Å². The van der Waals surface area contributed by atoms with E-state index in [1.165, 1.54) is 38.5 Å². The molecule has 0 amide bonds. The first kappa shape index (κ1) is 13.4. The fourth-order valence-electron chi connectivity index (χ4n) is 2.74. The van der Waals surface area contributed by atoms with Crippen LogP contribution in [-0.2, 0) is 9.53 Å². The highest BCUT2D eigenvalue weighted by Crippen LogP contribution is 2.29. The van der Waals surface area contributed by atoms with Gasteiger partial charge in [0.05, 0.1) is 11.9 Å². The zero-order chi connectivity index (χ0) is 11.9. The van der Waals surface area contributed by atoms with Crippen molar-refractivity contribution in [3.8, 4) is 0 Å². The van der Waals surface area contributed by atoms with Crippen molar-refractivity contribution < 1.29 is 9.53 Å². The zero-order valence-electron chi connectivity index (χ0n) is 10.7. The third kappa shape index (κ3) is 5.01. The highest BCUT2D eigenvalue weighted by molar-refractivity contribution is 8.00. The summed E-state index contributed by atoms with van der Waals surface area (Å²) in [6.45, 7) is 0.927. The lowest BCUT2D eigenvalue weighted by molar-refractivity contribution is -0.116. The van der Waals surface area contributed by atoms with E-state index in [-0.39, 0.29) is 0 Å². The van der Waals surface area contributed by atoms with Crippen LogP contribution < -0.4 is 0 Å². The molecule has 0 aromatic heterocycles. The van der Waals surface area contributed by atoms with Crippen molar-refractivity contribution >= 4 is 17.5 Å². The summed E-state index contributed by atoms with van der Waals surface area (Å²) in [6, 6.07) is 0. The number of ketones is 1. The molecule has 3 heteroatoms. The number of Topliss-reactive ketones (excluding diaryl/α,β-unsaturated/α-hetero) is 1. The van der Waals surface area contributed by atoms with E-state index in [1.54, 1.807) is 0 Å². The molecule has 1 atom stereocenters. The molecule has 2 rings (SSSR count). The molecule has 2 aliphatic rings. The van der Waals surface area contributed by atoms with Crippen LogP contribution in [0.3, 0.4) is 0 Å². The molecule has 98 valence electrons. The SMILES string of the molecule is O=C(CCCC1CCCO1)CSC1CCCC1. The second-order valence-corrected chi connectivity index (χ2v) is 6.57. The lowest BCUT2D eigenvalue weighted by Gasteiger charge is -2.09. The van der Waals surface area contributed by atoms with Gasteiger partial charge in [0.1, 0.15) is 5.78 Å². The van der Waals surface area contributed by atoms with Crippen molar-refractivity contribution in [2.75, 3.05) is 12.4 Å². The second kappa shape index (κ2) is 7.42. The van der Waals surface area contributed by atoms with Gasteiger partial charge in [0.2, 0.25) is 0 Å². The van der Waals surface area contributed by atoms with Gasteiger partial charge in [-0.25, -0.2) is 0 Å². The van der Waals surface area contributed by atoms with E-state index in [0.29, 0.717) is 11.9 Å². The summed E-state index contributed by atoms with van der Waals surface area (Å²) in [5.74, 6) is 1.19. The summed E-state index contributed by atoms with van der Waals surface area (Å²) in [4.78, 5) is 11.7. The summed E-state index contributed by atoms with van der Waals surface area (Å²) in [5.41, 5.74) is 0. The molecular weight excluding hydrogens is 232 g/mol. The Labute approximate surface area is 109 Å². The van der Waals surface area contributed by atoms with Crippen LogP contribution in [0.4, 0.5) is 0 Å². The van der Waals surface area contributed by atoms with Crippen molar-refractivity contribution in [3.05, 3.63) is 0 Å². The Morgan fingerprint density at radius 1 is 1.18 bits per heavy atom. The minimum atomic E-state index is 0.444. The summed E-state index contributed by atoms with van der Waals surface area (Å²) in [5, 5.41) is 0.775. The van der Waals surface area contributed by atoms with Crippen LogP contribution in [-0.4, -0.2) is 29.5 Å². The van der Waals surface area contributed by atoms with Gasteiger partial charge < -0.3 is 4.74 Å². The fraction of sp³-hybridized carbons (Fsp3) is 0.929. The number of hydrogen-bond donors (Lipinski definition) is 0. The first-order chi connectivity index (χ1) is 8.34. The van der Waals surface area contributed by atoms with Gasteiger partial charge in [-0.15, -0.1) is 0 Å². The molecule has 1 aliphatic heterocycles. The molecule has 1 unspecified atom stereocenters. The highest BCUT2D eigenvalue weighted by Gasteiger charge is 2.18. The monoisotopic (exact) mass is 256 g/mol. The van der Waals surface area contributed by atoms with E-state index in [4.69, 9.17) is 4.74 Å². The van der Waals surface area contributed by atoms with Crippen LogP contribution in [0.5, 0.6) is 0 Å². The Hall–Kier alpha value is -0.0200. The Morgan fingerprint density at radius 3 is 2.71 bits per heavy atom. The number of rotatable bonds is 7. The molecule has 0 aromatic rings. The molecule has 0 bridgehead atoms. The smallest absolute Gasteiger partial charge is 0.142 e. The van der Waals surface area contributed by atoms with E-state index < -0.39 is 0 Å². The third-order valence-corrected chi connectivity index (χ3v) is 5.22. The first-order valence-electron chi connectivity index (χ1n) is 7.09. The predicted octanol–water partition coefficient (Wildman–Crippen LogP) is 3.58. The van der Waals surface area contributed by atoms with Crippen LogP contribution in [0.25, 0.3) is 0 Å². The molecule has 17 heavy (non-hydrogen) atoms. The van der Waals surface area contributed by atoms with Gasteiger partial charge >= 0.3 is 0 Å². The Kier molecular flexibility index (Phi) is 5.86. The van der Waals surface area contributed by atoms with Crippen LogP contribution in [0, 0.1) is 0 Å². The minimum Gasteiger partial charge on any atom is -0.378 e. The molecule has 2 fully saturated rings. The van der Waals surface area contributed by atoms with Gasteiger partial charge in [0.25, 0.3) is 0 Å².